The van der Waals surface area contributed by atoms with E-state index in [-0.39, 0.29) is 17.1 Å². The molecule has 0 spiro atoms. The van der Waals surface area contributed by atoms with Crippen LogP contribution < -0.4 is 27.0 Å². The summed E-state index contributed by atoms with van der Waals surface area (Å²) in [7, 11) is 0. The van der Waals surface area contributed by atoms with Crippen molar-refractivity contribution in [3.8, 4) is 10.4 Å². The zero-order chi connectivity index (χ0) is 28.6. The molecule has 0 saturated carbocycles. The molecule has 0 aliphatic carbocycles. The minimum atomic E-state index is -0.729. The van der Waals surface area contributed by atoms with Crippen molar-refractivity contribution in [2.75, 3.05) is 55.3 Å². The van der Waals surface area contributed by atoms with E-state index in [0.29, 0.717) is 22.7 Å². The molecule has 1 aromatic heterocycles. The average Bonchev–Trinajstić information content (AvgIpc) is 3.32. The fraction of sp³-hybridized carbons (Fsp3) is 0.333. The monoisotopic (exact) mass is 569 g/mol. The first-order valence-electron chi connectivity index (χ1n) is 12.8. The molecule has 1 aliphatic rings. The third-order valence-corrected chi connectivity index (χ3v) is 7.19. The summed E-state index contributed by atoms with van der Waals surface area (Å²) in [5.74, 6) is -1.19. The van der Waals surface area contributed by atoms with Crippen LogP contribution in [-0.4, -0.2) is 66.6 Å². The van der Waals surface area contributed by atoms with Crippen LogP contribution in [0.15, 0.2) is 36.4 Å². The Morgan fingerprint density at radius 1 is 1.05 bits per heavy atom. The maximum Gasteiger partial charge on any atom is 0.323 e. The molecule has 5 amide bonds. The van der Waals surface area contributed by atoms with E-state index in [1.54, 1.807) is 38.1 Å². The topological polar surface area (TPSA) is 151 Å². The van der Waals surface area contributed by atoms with Crippen molar-refractivity contribution in [2.45, 2.75) is 20.3 Å². The van der Waals surface area contributed by atoms with Gasteiger partial charge in [0.2, 0.25) is 0 Å². The van der Waals surface area contributed by atoms with Crippen LogP contribution in [0.25, 0.3) is 10.4 Å². The third-order valence-electron chi connectivity index (χ3n) is 6.31. The molecule has 0 bridgehead atoms. The van der Waals surface area contributed by atoms with Crippen molar-refractivity contribution >= 4 is 46.7 Å². The molecule has 0 atom stereocenters. The summed E-state index contributed by atoms with van der Waals surface area (Å²) >= 11 is 1.03. The smallest absolute Gasteiger partial charge is 0.323 e. The minimum Gasteiger partial charge on any atom is -0.379 e. The van der Waals surface area contributed by atoms with Gasteiger partial charge >= 0.3 is 12.1 Å². The summed E-state index contributed by atoms with van der Waals surface area (Å²) in [6.07, 6.45) is 0.774. The SMILES string of the molecule is Cc1ccc(F)c(NC(=O)Nc2ccc(-c3snc(NC(=O)NCCCN4CCOCC4)c3C(N)=O)c(C)c2)c1. The number of aromatic nitrogens is 1. The molecule has 6 N–H and O–H groups in total. The lowest BCUT2D eigenvalue weighted by Gasteiger charge is -2.26. The van der Waals surface area contributed by atoms with Crippen molar-refractivity contribution in [3.63, 3.8) is 0 Å². The first kappa shape index (κ1) is 28.9. The van der Waals surface area contributed by atoms with Crippen LogP contribution in [-0.2, 0) is 4.74 Å². The number of nitrogens with one attached hydrogen (secondary N) is 4. The van der Waals surface area contributed by atoms with E-state index >= 15 is 0 Å². The molecular weight excluding hydrogens is 537 g/mol. The molecule has 1 saturated heterocycles. The number of hydrogen-bond donors (Lipinski definition) is 5. The van der Waals surface area contributed by atoms with Gasteiger partial charge in [0.25, 0.3) is 5.91 Å². The van der Waals surface area contributed by atoms with Gasteiger partial charge in [0.1, 0.15) is 11.4 Å². The molecule has 2 aromatic carbocycles. The zero-order valence-electron chi connectivity index (χ0n) is 22.3. The second kappa shape index (κ2) is 13.3. The van der Waals surface area contributed by atoms with Gasteiger partial charge in [0, 0.05) is 25.3 Å². The number of urea groups is 2. The standard InChI is InChI=1S/C27H32FN7O4S/c1-16-4-7-20(28)21(14-16)32-27(38)31-18-5-6-19(17(2)15-18)23-22(24(29)36)25(34-40-23)33-26(37)30-8-3-9-35-10-12-39-13-11-35/h4-7,14-15H,3,8-13H2,1-2H3,(H2,29,36)(H2,31,32,38)(H2,30,33,34,37). The molecular formula is C27H32FN7O4S. The van der Waals surface area contributed by atoms with Crippen LogP contribution in [0.4, 0.5) is 31.2 Å². The van der Waals surface area contributed by atoms with E-state index < -0.39 is 23.8 Å². The Bertz CT molecular complexity index is 1390. The summed E-state index contributed by atoms with van der Waals surface area (Å²) < 4.78 is 23.6. The van der Waals surface area contributed by atoms with E-state index in [1.807, 2.05) is 0 Å². The number of carbonyl (C=O) groups is 3. The van der Waals surface area contributed by atoms with Crippen molar-refractivity contribution in [1.82, 2.24) is 14.6 Å². The summed E-state index contributed by atoms with van der Waals surface area (Å²) in [5.41, 5.74) is 8.50. The van der Waals surface area contributed by atoms with Crippen LogP contribution in [0.5, 0.6) is 0 Å². The number of morpholine rings is 1. The first-order chi connectivity index (χ1) is 19.2. The Kier molecular flexibility index (Phi) is 9.64. The van der Waals surface area contributed by atoms with Gasteiger partial charge in [-0.05, 0) is 79.3 Å². The Labute approximate surface area is 235 Å². The van der Waals surface area contributed by atoms with Crippen molar-refractivity contribution in [1.29, 1.82) is 0 Å². The first-order valence-corrected chi connectivity index (χ1v) is 13.6. The van der Waals surface area contributed by atoms with Gasteiger partial charge in [0.15, 0.2) is 5.82 Å². The normalized spacial score (nSPS) is 13.5. The van der Waals surface area contributed by atoms with Gasteiger partial charge in [-0.2, -0.15) is 4.37 Å². The fourth-order valence-electron chi connectivity index (χ4n) is 4.28. The van der Waals surface area contributed by atoms with E-state index in [0.717, 1.165) is 61.9 Å². The minimum absolute atomic E-state index is 0.0720. The summed E-state index contributed by atoms with van der Waals surface area (Å²) in [5, 5.41) is 10.6. The highest BCUT2D eigenvalue weighted by Gasteiger charge is 2.23. The second-order valence-corrected chi connectivity index (χ2v) is 10.2. The lowest BCUT2D eigenvalue weighted by molar-refractivity contribution is 0.0375. The Morgan fingerprint density at radius 3 is 2.55 bits per heavy atom. The molecule has 2 heterocycles. The number of anilines is 3. The number of aryl methyl sites for hydroxylation is 2. The van der Waals surface area contributed by atoms with Gasteiger partial charge < -0.3 is 26.4 Å². The number of nitrogens with zero attached hydrogens (tertiary/aromatic N) is 2. The van der Waals surface area contributed by atoms with Gasteiger partial charge in [-0.25, -0.2) is 14.0 Å². The highest BCUT2D eigenvalue weighted by Crippen LogP contribution is 2.36. The Hall–Kier alpha value is -4.07. The van der Waals surface area contributed by atoms with Crippen molar-refractivity contribution in [2.24, 2.45) is 5.73 Å². The number of halogens is 1. The molecule has 1 fully saturated rings. The van der Waals surface area contributed by atoms with E-state index in [9.17, 15) is 18.8 Å². The maximum atomic E-state index is 14.0. The number of rotatable bonds is 9. The van der Waals surface area contributed by atoms with Crippen LogP contribution >= 0.6 is 11.5 Å². The summed E-state index contributed by atoms with van der Waals surface area (Å²) in [6, 6.07) is 8.43. The molecule has 0 radical (unpaired) electrons. The number of benzene rings is 2. The molecule has 11 nitrogen and oxygen atoms in total. The molecule has 0 unspecified atom stereocenters. The van der Waals surface area contributed by atoms with Crippen molar-refractivity contribution in [3.05, 3.63) is 58.9 Å². The Balaban J connectivity index is 1.38. The number of amides is 5. The van der Waals surface area contributed by atoms with Crippen LogP contribution in [0.1, 0.15) is 27.9 Å². The van der Waals surface area contributed by atoms with Crippen LogP contribution in [0.3, 0.4) is 0 Å². The largest absolute Gasteiger partial charge is 0.379 e. The molecule has 4 rings (SSSR count). The maximum absolute atomic E-state index is 14.0. The van der Waals surface area contributed by atoms with E-state index in [2.05, 4.69) is 30.5 Å². The third kappa shape index (κ3) is 7.52. The summed E-state index contributed by atoms with van der Waals surface area (Å²) in [6.45, 7) is 8.12. The molecule has 13 heteroatoms. The number of primary amides is 1. The van der Waals surface area contributed by atoms with Gasteiger partial charge in [-0.3, -0.25) is 15.0 Å². The Morgan fingerprint density at radius 2 is 1.82 bits per heavy atom. The van der Waals surface area contributed by atoms with Gasteiger partial charge in [-0.15, -0.1) is 0 Å². The average molecular weight is 570 g/mol. The van der Waals surface area contributed by atoms with E-state index in [1.165, 1.54) is 12.1 Å². The molecule has 3 aromatic rings. The predicted octanol–water partition coefficient (Wildman–Crippen LogP) is 4.15. The molecule has 212 valence electrons. The predicted molar refractivity (Wildman–Crippen MR) is 153 cm³/mol. The highest BCUT2D eigenvalue weighted by molar-refractivity contribution is 7.10. The number of hydrogen-bond acceptors (Lipinski definition) is 7. The second-order valence-electron chi connectivity index (χ2n) is 9.38. The summed E-state index contributed by atoms with van der Waals surface area (Å²) in [4.78, 5) is 40.0. The zero-order valence-corrected chi connectivity index (χ0v) is 23.1. The van der Waals surface area contributed by atoms with E-state index in [4.69, 9.17) is 10.5 Å². The lowest BCUT2D eigenvalue weighted by atomic mass is 10.0. The quantitative estimate of drug-likeness (QED) is 0.244. The highest BCUT2D eigenvalue weighted by atomic mass is 32.1. The molecule has 1 aliphatic heterocycles. The number of nitrogens with two attached hydrogens (primary N) is 1. The van der Waals surface area contributed by atoms with Gasteiger partial charge in [-0.1, -0.05) is 12.1 Å². The van der Waals surface area contributed by atoms with Crippen molar-refractivity contribution < 1.29 is 23.5 Å². The van der Waals surface area contributed by atoms with Crippen LogP contribution in [0.2, 0.25) is 0 Å². The number of carbonyl (C=O) groups excluding carboxylic acids is 3. The van der Waals surface area contributed by atoms with Crippen LogP contribution in [0, 0.1) is 19.7 Å². The molecule has 40 heavy (non-hydrogen) atoms. The number of ether oxygens (including phenoxy) is 1. The fourth-order valence-corrected chi connectivity index (χ4v) is 5.22. The lowest BCUT2D eigenvalue weighted by Crippen LogP contribution is -2.38. The van der Waals surface area contributed by atoms with Gasteiger partial charge in [0.05, 0.1) is 23.8 Å².